The van der Waals surface area contributed by atoms with E-state index in [1.54, 1.807) is 0 Å². The van der Waals surface area contributed by atoms with Crippen LogP contribution in [0, 0.1) is 0 Å². The zero-order valence-electron chi connectivity index (χ0n) is 33.4. The van der Waals surface area contributed by atoms with Crippen LogP contribution in [0.2, 0.25) is 0 Å². The van der Waals surface area contributed by atoms with Gasteiger partial charge in [-0.3, -0.25) is 0 Å². The Bertz CT molecular complexity index is 3440. The van der Waals surface area contributed by atoms with Crippen LogP contribution in [0.15, 0.2) is 206 Å². The van der Waals surface area contributed by atoms with Crippen LogP contribution in [0.4, 0.5) is 17.1 Å². The number of hydrogen-bond acceptors (Lipinski definition) is 2. The van der Waals surface area contributed by atoms with Gasteiger partial charge in [-0.2, -0.15) is 0 Å². The van der Waals surface area contributed by atoms with Gasteiger partial charge in [-0.05, 0) is 123 Å². The van der Waals surface area contributed by atoms with Gasteiger partial charge < -0.3 is 9.47 Å². The lowest BCUT2D eigenvalue weighted by Crippen LogP contribution is -2.16. The van der Waals surface area contributed by atoms with Crippen molar-refractivity contribution in [3.8, 4) is 39.1 Å². The quantitative estimate of drug-likeness (QED) is 0.163. The highest BCUT2D eigenvalue weighted by molar-refractivity contribution is 7.25. The fourth-order valence-corrected chi connectivity index (χ4v) is 10.9. The molecule has 60 heavy (non-hydrogen) atoms. The Labute approximate surface area is 353 Å². The molecule has 0 spiro atoms. The predicted octanol–water partition coefficient (Wildman–Crippen LogP) is 16.3. The maximum absolute atomic E-state index is 2.43. The van der Waals surface area contributed by atoms with Gasteiger partial charge in [0.05, 0.1) is 11.0 Å². The molecule has 11 aromatic rings. The molecule has 1 aliphatic rings. The third-order valence-corrected chi connectivity index (χ3v) is 14.0. The van der Waals surface area contributed by atoms with E-state index in [9.17, 15) is 0 Å². The van der Waals surface area contributed by atoms with E-state index in [4.69, 9.17) is 0 Å². The van der Waals surface area contributed by atoms with Crippen LogP contribution in [-0.4, -0.2) is 4.57 Å². The summed E-state index contributed by atoms with van der Waals surface area (Å²) in [6.45, 7) is 4.72. The maximum atomic E-state index is 2.43. The molecule has 12 rings (SSSR count). The molecule has 0 saturated heterocycles. The highest BCUT2D eigenvalue weighted by Gasteiger charge is 2.35. The summed E-state index contributed by atoms with van der Waals surface area (Å²) in [5.41, 5.74) is 17.2. The lowest BCUT2D eigenvalue weighted by Gasteiger charge is -2.28. The predicted molar refractivity (Wildman–Crippen MR) is 257 cm³/mol. The minimum Gasteiger partial charge on any atom is -0.310 e. The first-order valence-corrected chi connectivity index (χ1v) is 21.6. The van der Waals surface area contributed by atoms with Gasteiger partial charge in [0.15, 0.2) is 0 Å². The smallest absolute Gasteiger partial charge is 0.0541 e. The number of fused-ring (bicyclic) bond motifs is 9. The number of hydrogen-bond donors (Lipinski definition) is 0. The average Bonchev–Trinajstić information content (AvgIpc) is 3.92. The number of nitrogens with zero attached hydrogens (tertiary/aromatic N) is 2. The molecule has 0 N–H and O–H groups in total. The van der Waals surface area contributed by atoms with Crippen LogP contribution in [0.3, 0.4) is 0 Å². The lowest BCUT2D eigenvalue weighted by atomic mass is 9.82. The minimum atomic E-state index is -0.0933. The lowest BCUT2D eigenvalue weighted by molar-refractivity contribution is 0.660. The maximum Gasteiger partial charge on any atom is 0.0541 e. The summed E-state index contributed by atoms with van der Waals surface area (Å²) < 4.78 is 5.00. The molecule has 1 aliphatic carbocycles. The summed E-state index contributed by atoms with van der Waals surface area (Å²) in [6, 6.07) is 76.1. The minimum absolute atomic E-state index is 0.0933. The summed E-state index contributed by atoms with van der Waals surface area (Å²) >= 11 is 1.86. The number of para-hydroxylation sites is 2. The Balaban J connectivity index is 0.912. The fourth-order valence-electron chi connectivity index (χ4n) is 9.80. The van der Waals surface area contributed by atoms with Crippen molar-refractivity contribution in [2.24, 2.45) is 0 Å². The van der Waals surface area contributed by atoms with Gasteiger partial charge in [0.1, 0.15) is 0 Å². The van der Waals surface area contributed by atoms with Gasteiger partial charge >= 0.3 is 0 Å². The average molecular weight is 785 g/mol. The van der Waals surface area contributed by atoms with Gasteiger partial charge in [-0.25, -0.2) is 0 Å². The molecule has 0 unspecified atom stereocenters. The molecular formula is C57H40N2S. The van der Waals surface area contributed by atoms with Crippen molar-refractivity contribution < 1.29 is 0 Å². The molecular weight excluding hydrogens is 745 g/mol. The first-order valence-electron chi connectivity index (χ1n) is 20.7. The Morgan fingerprint density at radius 3 is 1.77 bits per heavy atom. The molecule has 3 heteroatoms. The Morgan fingerprint density at radius 1 is 0.383 bits per heavy atom. The van der Waals surface area contributed by atoms with E-state index in [1.165, 1.54) is 92.2 Å². The zero-order valence-corrected chi connectivity index (χ0v) is 34.2. The van der Waals surface area contributed by atoms with Gasteiger partial charge in [0, 0.05) is 59.1 Å². The van der Waals surface area contributed by atoms with Crippen molar-refractivity contribution in [3.05, 3.63) is 217 Å². The molecule has 2 heterocycles. The normalized spacial score (nSPS) is 13.0. The van der Waals surface area contributed by atoms with Gasteiger partial charge in [-0.1, -0.05) is 141 Å². The molecule has 0 radical (unpaired) electrons. The van der Waals surface area contributed by atoms with E-state index in [1.807, 2.05) is 11.3 Å². The van der Waals surface area contributed by atoms with Gasteiger partial charge in [0.25, 0.3) is 0 Å². The second kappa shape index (κ2) is 13.4. The number of aromatic nitrogens is 1. The van der Waals surface area contributed by atoms with Crippen LogP contribution in [0.25, 0.3) is 81.0 Å². The monoisotopic (exact) mass is 784 g/mol. The molecule has 2 nitrogen and oxygen atoms in total. The molecule has 0 atom stereocenters. The van der Waals surface area contributed by atoms with Crippen molar-refractivity contribution in [3.63, 3.8) is 0 Å². The van der Waals surface area contributed by atoms with E-state index in [0.717, 1.165) is 17.1 Å². The van der Waals surface area contributed by atoms with E-state index < -0.39 is 0 Å². The Morgan fingerprint density at radius 2 is 0.950 bits per heavy atom. The summed E-state index contributed by atoms with van der Waals surface area (Å²) in [5, 5.41) is 5.13. The van der Waals surface area contributed by atoms with Crippen molar-refractivity contribution in [1.29, 1.82) is 0 Å². The first-order chi connectivity index (χ1) is 29.5. The van der Waals surface area contributed by atoms with Crippen molar-refractivity contribution >= 4 is 70.4 Å². The molecule has 0 bridgehead atoms. The number of benzene rings is 9. The summed E-state index contributed by atoms with van der Waals surface area (Å²) in [7, 11) is 0. The highest BCUT2D eigenvalue weighted by Crippen LogP contribution is 2.51. The second-order valence-electron chi connectivity index (χ2n) is 16.6. The third kappa shape index (κ3) is 5.40. The Kier molecular flexibility index (Phi) is 7.79. The van der Waals surface area contributed by atoms with Crippen LogP contribution in [-0.2, 0) is 5.41 Å². The van der Waals surface area contributed by atoms with E-state index in [-0.39, 0.29) is 5.41 Å². The molecule has 284 valence electrons. The largest absolute Gasteiger partial charge is 0.310 e. The molecule has 0 aliphatic heterocycles. The molecule has 9 aromatic carbocycles. The van der Waals surface area contributed by atoms with Crippen molar-refractivity contribution in [2.45, 2.75) is 19.3 Å². The summed E-state index contributed by atoms with van der Waals surface area (Å²) in [6.07, 6.45) is 0. The first kappa shape index (κ1) is 34.8. The van der Waals surface area contributed by atoms with Crippen LogP contribution >= 0.6 is 11.3 Å². The van der Waals surface area contributed by atoms with Crippen LogP contribution in [0.5, 0.6) is 0 Å². The molecule has 0 amide bonds. The van der Waals surface area contributed by atoms with Gasteiger partial charge in [-0.15, -0.1) is 11.3 Å². The number of thiophene rings is 1. The topological polar surface area (TPSA) is 8.17 Å². The highest BCUT2D eigenvalue weighted by atomic mass is 32.1. The fraction of sp³-hybridized carbons (Fsp3) is 0.0526. The summed E-state index contributed by atoms with van der Waals surface area (Å²) in [5.74, 6) is 0. The van der Waals surface area contributed by atoms with E-state index >= 15 is 0 Å². The third-order valence-electron chi connectivity index (χ3n) is 12.8. The Hall–Kier alpha value is -7.20. The van der Waals surface area contributed by atoms with E-state index in [2.05, 4.69) is 230 Å². The second-order valence-corrected chi connectivity index (χ2v) is 17.6. The zero-order chi connectivity index (χ0) is 40.0. The summed E-state index contributed by atoms with van der Waals surface area (Å²) in [4.78, 5) is 2.43. The number of anilines is 3. The standard InChI is InChI=1S/C57H40N2S/c1-57(2)51-17-9-6-14-45(51)46-31-29-44(36-52(46)57)58(43-30-33-56-50(35-43)48-16-8-11-19-55(48)60-56)42-27-24-38(25-28-42)37-20-22-39(23-21-37)40-26-32-54-49(34-40)47-15-7-10-18-53(47)59(54)41-12-4-3-5-13-41/h3-36H,1-2H3. The van der Waals surface area contributed by atoms with Crippen molar-refractivity contribution in [1.82, 2.24) is 4.57 Å². The molecule has 2 aromatic heterocycles. The van der Waals surface area contributed by atoms with E-state index in [0.29, 0.717) is 0 Å². The van der Waals surface area contributed by atoms with Crippen LogP contribution < -0.4 is 4.90 Å². The SMILES string of the molecule is CC1(C)c2ccccc2-c2ccc(N(c3ccc(-c4ccc(-c5ccc6c(c5)c5ccccc5n6-c5ccccc5)cc4)cc3)c3ccc4sc5ccccc5c4c3)cc21. The van der Waals surface area contributed by atoms with Crippen molar-refractivity contribution in [2.75, 3.05) is 4.90 Å². The van der Waals surface area contributed by atoms with Crippen LogP contribution in [0.1, 0.15) is 25.0 Å². The molecule has 0 saturated carbocycles. The van der Waals surface area contributed by atoms with Gasteiger partial charge in [0.2, 0.25) is 0 Å². The molecule has 0 fully saturated rings. The number of rotatable bonds is 6.